The van der Waals surface area contributed by atoms with Gasteiger partial charge in [0.1, 0.15) is 11.8 Å². The number of phenolic OH excluding ortho intramolecular Hbond substituents is 1. The molecule has 0 radical (unpaired) electrons. The first kappa shape index (κ1) is 19.9. The summed E-state index contributed by atoms with van der Waals surface area (Å²) in [5, 5.41) is 19.1. The predicted molar refractivity (Wildman–Crippen MR) is 118 cm³/mol. The van der Waals surface area contributed by atoms with Crippen LogP contribution in [0.4, 0.5) is 5.69 Å². The topological polar surface area (TPSA) is 67.6 Å². The molecule has 1 N–H and O–H groups in total. The fourth-order valence-corrected chi connectivity index (χ4v) is 4.55. The van der Waals surface area contributed by atoms with Crippen LogP contribution in [0, 0.1) is 11.3 Å². The Bertz CT molecular complexity index is 1100. The van der Waals surface area contributed by atoms with Gasteiger partial charge in [-0.05, 0) is 36.4 Å². The average Bonchev–Trinajstić information content (AvgIpc) is 2.79. The van der Waals surface area contributed by atoms with Crippen molar-refractivity contribution in [2.24, 2.45) is 0 Å². The molecule has 6 heteroatoms. The Balaban J connectivity index is 1.49. The monoisotopic (exact) mass is 415 g/mol. The molecule has 30 heavy (non-hydrogen) atoms. The van der Waals surface area contributed by atoms with Crippen molar-refractivity contribution >= 4 is 23.4 Å². The van der Waals surface area contributed by atoms with Gasteiger partial charge in [-0.15, -0.1) is 0 Å². The van der Waals surface area contributed by atoms with Crippen molar-refractivity contribution in [1.29, 1.82) is 5.26 Å². The van der Waals surface area contributed by atoms with E-state index in [0.717, 1.165) is 15.5 Å². The van der Waals surface area contributed by atoms with E-state index in [1.165, 1.54) is 11.8 Å². The van der Waals surface area contributed by atoms with Crippen LogP contribution >= 0.6 is 11.8 Å². The van der Waals surface area contributed by atoms with Crippen LogP contribution in [0.15, 0.2) is 82.6 Å². The minimum Gasteiger partial charge on any atom is -0.508 e. The molecule has 5 nitrogen and oxygen atoms in total. The number of piperazine rings is 1. The van der Waals surface area contributed by atoms with E-state index in [1.807, 2.05) is 59.5 Å². The van der Waals surface area contributed by atoms with Crippen molar-refractivity contribution in [3.63, 3.8) is 0 Å². The molecule has 0 aromatic heterocycles. The fourth-order valence-electron chi connectivity index (χ4n) is 3.53. The minimum atomic E-state index is 0.00287. The summed E-state index contributed by atoms with van der Waals surface area (Å²) in [6, 6.07) is 24.4. The van der Waals surface area contributed by atoms with Crippen LogP contribution in [-0.2, 0) is 0 Å². The summed E-state index contributed by atoms with van der Waals surface area (Å²) in [5.74, 6) is 0.248. The molecular formula is C24H21N3O2S. The van der Waals surface area contributed by atoms with Crippen molar-refractivity contribution in [3.05, 3.63) is 83.9 Å². The van der Waals surface area contributed by atoms with E-state index < -0.39 is 0 Å². The number of hydrogen-bond acceptors (Lipinski definition) is 5. The molecule has 0 bridgehead atoms. The molecule has 1 fully saturated rings. The second kappa shape index (κ2) is 8.93. The highest BCUT2D eigenvalue weighted by Crippen LogP contribution is 2.33. The summed E-state index contributed by atoms with van der Waals surface area (Å²) < 4.78 is 0. The van der Waals surface area contributed by atoms with E-state index in [4.69, 9.17) is 0 Å². The molecule has 1 saturated heterocycles. The molecule has 3 aromatic rings. The summed E-state index contributed by atoms with van der Waals surface area (Å²) in [7, 11) is 0. The summed E-state index contributed by atoms with van der Waals surface area (Å²) in [5.41, 5.74) is 2.22. The quantitative estimate of drug-likeness (QED) is 0.685. The van der Waals surface area contributed by atoms with Gasteiger partial charge in [0.25, 0.3) is 5.91 Å². The average molecular weight is 416 g/mol. The molecule has 1 aliphatic heterocycles. The number of phenols is 1. The number of aromatic hydroxyl groups is 1. The van der Waals surface area contributed by atoms with Crippen molar-refractivity contribution in [3.8, 4) is 11.8 Å². The molecule has 0 saturated carbocycles. The SMILES string of the molecule is N#Cc1ccccc1Sc1ccccc1C(=O)N1CCN(c2cccc(O)c2)CC1. The van der Waals surface area contributed by atoms with Crippen molar-refractivity contribution in [2.75, 3.05) is 31.1 Å². The standard InChI is InChI=1S/C24H21N3O2S/c25-17-18-6-1-3-10-22(18)30-23-11-4-2-9-21(23)24(29)27-14-12-26(13-15-27)19-7-5-8-20(28)16-19/h1-11,16,28H,12-15H2. The molecule has 0 unspecified atom stereocenters. The zero-order valence-electron chi connectivity index (χ0n) is 16.4. The van der Waals surface area contributed by atoms with Gasteiger partial charge in [-0.25, -0.2) is 0 Å². The minimum absolute atomic E-state index is 0.00287. The van der Waals surface area contributed by atoms with Gasteiger partial charge in [0.2, 0.25) is 0 Å². The molecule has 1 aliphatic rings. The summed E-state index contributed by atoms with van der Waals surface area (Å²) in [6.45, 7) is 2.65. The third kappa shape index (κ3) is 4.27. The Morgan fingerprint density at radius 1 is 0.900 bits per heavy atom. The Kier molecular flexibility index (Phi) is 5.92. The molecule has 3 aromatic carbocycles. The largest absolute Gasteiger partial charge is 0.508 e. The maximum Gasteiger partial charge on any atom is 0.255 e. The lowest BCUT2D eigenvalue weighted by Crippen LogP contribution is -2.48. The summed E-state index contributed by atoms with van der Waals surface area (Å²) in [4.78, 5) is 19.0. The highest BCUT2D eigenvalue weighted by molar-refractivity contribution is 7.99. The molecule has 0 atom stereocenters. The zero-order valence-corrected chi connectivity index (χ0v) is 17.2. The Morgan fingerprint density at radius 3 is 2.33 bits per heavy atom. The van der Waals surface area contributed by atoms with Crippen LogP contribution in [0.1, 0.15) is 15.9 Å². The number of benzene rings is 3. The lowest BCUT2D eigenvalue weighted by molar-refractivity contribution is 0.0743. The molecule has 1 amide bonds. The Morgan fingerprint density at radius 2 is 1.60 bits per heavy atom. The first-order valence-electron chi connectivity index (χ1n) is 9.75. The first-order valence-corrected chi connectivity index (χ1v) is 10.6. The predicted octanol–water partition coefficient (Wildman–Crippen LogP) is 4.38. The maximum atomic E-state index is 13.3. The molecule has 0 spiro atoms. The van der Waals surface area contributed by atoms with Gasteiger partial charge in [0.15, 0.2) is 0 Å². The van der Waals surface area contributed by atoms with Crippen molar-refractivity contribution in [2.45, 2.75) is 9.79 Å². The van der Waals surface area contributed by atoms with Crippen LogP contribution in [-0.4, -0.2) is 42.1 Å². The van der Waals surface area contributed by atoms with E-state index in [-0.39, 0.29) is 11.7 Å². The number of carbonyl (C=O) groups excluding carboxylic acids is 1. The zero-order chi connectivity index (χ0) is 20.9. The highest BCUT2D eigenvalue weighted by atomic mass is 32.2. The van der Waals surface area contributed by atoms with Gasteiger partial charge < -0.3 is 14.9 Å². The molecule has 1 heterocycles. The number of carbonyl (C=O) groups is 1. The van der Waals surface area contributed by atoms with E-state index in [9.17, 15) is 15.2 Å². The number of rotatable bonds is 4. The van der Waals surface area contributed by atoms with Crippen LogP contribution in [0.5, 0.6) is 5.75 Å². The first-order chi connectivity index (χ1) is 14.7. The maximum absolute atomic E-state index is 13.3. The lowest BCUT2D eigenvalue weighted by atomic mass is 10.1. The number of anilines is 1. The number of nitriles is 1. The van der Waals surface area contributed by atoms with Crippen molar-refractivity contribution in [1.82, 2.24) is 4.90 Å². The van der Waals surface area contributed by atoms with Gasteiger partial charge in [0.05, 0.1) is 11.1 Å². The summed E-state index contributed by atoms with van der Waals surface area (Å²) >= 11 is 1.45. The van der Waals surface area contributed by atoms with Crippen LogP contribution < -0.4 is 4.90 Å². The number of hydrogen-bond donors (Lipinski definition) is 1. The van der Waals surface area contributed by atoms with Crippen LogP contribution in [0.3, 0.4) is 0 Å². The molecule has 0 aliphatic carbocycles. The van der Waals surface area contributed by atoms with Crippen molar-refractivity contribution < 1.29 is 9.90 Å². The fraction of sp³-hybridized carbons (Fsp3) is 0.167. The van der Waals surface area contributed by atoms with Gasteiger partial charge in [-0.2, -0.15) is 5.26 Å². The third-order valence-corrected chi connectivity index (χ3v) is 6.26. The third-order valence-electron chi connectivity index (χ3n) is 5.11. The van der Waals surface area contributed by atoms with Crippen LogP contribution in [0.25, 0.3) is 0 Å². The highest BCUT2D eigenvalue weighted by Gasteiger charge is 2.24. The normalized spacial score (nSPS) is 13.7. The smallest absolute Gasteiger partial charge is 0.255 e. The Labute approximate surface area is 180 Å². The second-order valence-corrected chi connectivity index (χ2v) is 8.09. The van der Waals surface area contributed by atoms with Gasteiger partial charge in [-0.1, -0.05) is 42.1 Å². The van der Waals surface area contributed by atoms with E-state index in [0.29, 0.717) is 37.3 Å². The molecular weight excluding hydrogens is 394 g/mol. The molecule has 150 valence electrons. The van der Waals surface area contributed by atoms with Gasteiger partial charge in [0, 0.05) is 47.7 Å². The lowest BCUT2D eigenvalue weighted by Gasteiger charge is -2.36. The van der Waals surface area contributed by atoms with Crippen LogP contribution in [0.2, 0.25) is 0 Å². The number of nitrogens with zero attached hydrogens (tertiary/aromatic N) is 3. The number of amides is 1. The van der Waals surface area contributed by atoms with E-state index in [2.05, 4.69) is 11.0 Å². The van der Waals surface area contributed by atoms with E-state index in [1.54, 1.807) is 18.2 Å². The Hall–Kier alpha value is -3.43. The second-order valence-electron chi connectivity index (χ2n) is 7.01. The van der Waals surface area contributed by atoms with Gasteiger partial charge >= 0.3 is 0 Å². The summed E-state index contributed by atoms with van der Waals surface area (Å²) in [6.07, 6.45) is 0. The molecule has 4 rings (SSSR count). The van der Waals surface area contributed by atoms with Gasteiger partial charge in [-0.3, -0.25) is 4.79 Å². The van der Waals surface area contributed by atoms with E-state index >= 15 is 0 Å².